The molecule has 0 saturated heterocycles. The van der Waals surface area contributed by atoms with Gasteiger partial charge in [0.15, 0.2) is 0 Å². The van der Waals surface area contributed by atoms with Crippen molar-refractivity contribution in [2.75, 3.05) is 12.4 Å². The van der Waals surface area contributed by atoms with Crippen LogP contribution in [0, 0.1) is 0 Å². The van der Waals surface area contributed by atoms with E-state index in [9.17, 15) is 4.57 Å². The second-order valence-electron chi connectivity index (χ2n) is 2.83. The molecule has 0 amide bonds. The van der Waals surface area contributed by atoms with Crippen LogP contribution in [0.1, 0.15) is 13.8 Å². The summed E-state index contributed by atoms with van der Waals surface area (Å²) in [5, 5.41) is 0.679. The van der Waals surface area contributed by atoms with E-state index in [1.165, 1.54) is 22.8 Å². The van der Waals surface area contributed by atoms with Gasteiger partial charge in [-0.05, 0) is 42.6 Å². The van der Waals surface area contributed by atoms with E-state index < -0.39 is 5.77 Å². The van der Waals surface area contributed by atoms with E-state index in [0.717, 1.165) is 10.6 Å². The first kappa shape index (κ1) is 14.5. The van der Waals surface area contributed by atoms with E-state index in [4.69, 9.17) is 16.1 Å². The van der Waals surface area contributed by atoms with Gasteiger partial charge in [0.1, 0.15) is 0 Å². The van der Waals surface area contributed by atoms with Gasteiger partial charge in [-0.1, -0.05) is 29.9 Å². The summed E-state index contributed by atoms with van der Waals surface area (Å²) in [6, 6.07) is 7.29. The lowest BCUT2D eigenvalue weighted by atomic mass is 10.4. The van der Waals surface area contributed by atoms with Crippen molar-refractivity contribution >= 4 is 40.1 Å². The molecule has 0 aliphatic carbocycles. The fraction of sp³-hybridized carbons (Fsp3) is 0.400. The summed E-state index contributed by atoms with van der Waals surface area (Å²) >= 11 is 8.44. The highest BCUT2D eigenvalue weighted by molar-refractivity contribution is 8.89. The molecule has 1 aromatic carbocycles. The zero-order chi connectivity index (χ0) is 12.0. The third kappa shape index (κ3) is 4.72. The van der Waals surface area contributed by atoms with Crippen molar-refractivity contribution in [3.63, 3.8) is 0 Å². The number of halogens is 1. The second kappa shape index (κ2) is 6.97. The summed E-state index contributed by atoms with van der Waals surface area (Å²) in [5.41, 5.74) is 0. The minimum absolute atomic E-state index is 0.463. The number of benzene rings is 1. The van der Waals surface area contributed by atoms with E-state index >= 15 is 0 Å². The van der Waals surface area contributed by atoms with E-state index in [0.29, 0.717) is 11.6 Å². The monoisotopic (exact) mass is 296 g/mol. The van der Waals surface area contributed by atoms with E-state index in [2.05, 4.69) is 0 Å². The normalized spacial score (nSPS) is 14.7. The highest BCUT2D eigenvalue weighted by Crippen LogP contribution is 2.71. The maximum Gasteiger partial charge on any atom is 0.317 e. The molecular formula is C10H14ClO2PS2. The Hall–Kier alpha value is 0.400. The van der Waals surface area contributed by atoms with Crippen LogP contribution in [0.25, 0.3) is 0 Å². The van der Waals surface area contributed by atoms with Crippen LogP contribution in [0.3, 0.4) is 0 Å². The molecule has 0 N–H and O–H groups in total. The van der Waals surface area contributed by atoms with E-state index in [1.807, 2.05) is 26.0 Å². The molecule has 0 aliphatic heterocycles. The Labute approximate surface area is 109 Å². The molecule has 1 aromatic rings. The average Bonchev–Trinajstić information content (AvgIpc) is 2.22. The Balaban J connectivity index is 2.75. The van der Waals surface area contributed by atoms with Gasteiger partial charge in [0.25, 0.3) is 0 Å². The average molecular weight is 297 g/mol. The summed E-state index contributed by atoms with van der Waals surface area (Å²) in [7, 11) is 0. The molecule has 0 aromatic heterocycles. The lowest BCUT2D eigenvalue weighted by molar-refractivity contribution is 0.357. The van der Waals surface area contributed by atoms with Gasteiger partial charge in [0, 0.05) is 15.7 Å². The van der Waals surface area contributed by atoms with Crippen molar-refractivity contribution in [2.24, 2.45) is 0 Å². The van der Waals surface area contributed by atoms with Crippen LogP contribution in [-0.4, -0.2) is 12.4 Å². The highest BCUT2D eigenvalue weighted by Gasteiger charge is 2.24. The van der Waals surface area contributed by atoms with Crippen LogP contribution in [0.15, 0.2) is 29.2 Å². The molecule has 90 valence electrons. The maximum atomic E-state index is 12.3. The highest BCUT2D eigenvalue weighted by atomic mass is 35.5. The standard InChI is InChI=1S/C10H14ClO2PS2/c1-3-13-14(12,15-4-2)16-10-7-5-9(11)6-8-10/h5-8H,3-4H2,1-2H3. The molecule has 6 heteroatoms. The first-order valence-electron chi connectivity index (χ1n) is 4.94. The Morgan fingerprint density at radius 1 is 1.31 bits per heavy atom. The third-order valence-corrected chi connectivity index (χ3v) is 8.99. The van der Waals surface area contributed by atoms with Crippen LogP contribution >= 0.6 is 40.1 Å². The van der Waals surface area contributed by atoms with Crippen LogP contribution in [0.5, 0.6) is 0 Å². The van der Waals surface area contributed by atoms with Crippen molar-refractivity contribution in [1.29, 1.82) is 0 Å². The van der Waals surface area contributed by atoms with Gasteiger partial charge in [0.2, 0.25) is 0 Å². The van der Waals surface area contributed by atoms with Gasteiger partial charge >= 0.3 is 5.77 Å². The Bertz CT molecular complexity index is 360. The lowest BCUT2D eigenvalue weighted by Crippen LogP contribution is -1.83. The molecule has 0 fully saturated rings. The van der Waals surface area contributed by atoms with Gasteiger partial charge in [-0.2, -0.15) is 0 Å². The molecule has 0 radical (unpaired) electrons. The lowest BCUT2D eigenvalue weighted by Gasteiger charge is -2.15. The largest absolute Gasteiger partial charge is 0.317 e. The molecule has 0 aliphatic rings. The van der Waals surface area contributed by atoms with E-state index in [1.54, 1.807) is 12.1 Å². The van der Waals surface area contributed by atoms with Gasteiger partial charge in [-0.15, -0.1) is 0 Å². The minimum Gasteiger partial charge on any atom is -0.314 e. The second-order valence-corrected chi connectivity index (χ2v) is 10.8. The summed E-state index contributed by atoms with van der Waals surface area (Å²) in [4.78, 5) is 0.919. The predicted octanol–water partition coefficient (Wildman–Crippen LogP) is 5.33. The van der Waals surface area contributed by atoms with Crippen molar-refractivity contribution in [3.05, 3.63) is 29.3 Å². The Morgan fingerprint density at radius 2 is 1.94 bits per heavy atom. The van der Waals surface area contributed by atoms with E-state index in [-0.39, 0.29) is 0 Å². The smallest absolute Gasteiger partial charge is 0.314 e. The Morgan fingerprint density at radius 3 is 2.44 bits per heavy atom. The summed E-state index contributed by atoms with van der Waals surface area (Å²) in [6.07, 6.45) is 0. The summed E-state index contributed by atoms with van der Waals surface area (Å²) in [5.74, 6) is -1.89. The molecule has 0 spiro atoms. The van der Waals surface area contributed by atoms with Crippen molar-refractivity contribution in [2.45, 2.75) is 18.7 Å². The van der Waals surface area contributed by atoms with Gasteiger partial charge in [-0.25, -0.2) is 0 Å². The van der Waals surface area contributed by atoms with Crippen LogP contribution in [-0.2, 0) is 9.09 Å². The third-order valence-electron chi connectivity index (χ3n) is 1.61. The zero-order valence-corrected chi connectivity index (χ0v) is 12.5. The predicted molar refractivity (Wildman–Crippen MR) is 74.7 cm³/mol. The molecule has 16 heavy (non-hydrogen) atoms. The topological polar surface area (TPSA) is 26.3 Å². The first-order valence-corrected chi connectivity index (χ1v) is 9.95. The molecule has 2 nitrogen and oxygen atoms in total. The van der Waals surface area contributed by atoms with Crippen molar-refractivity contribution in [3.8, 4) is 0 Å². The maximum absolute atomic E-state index is 12.3. The molecule has 1 unspecified atom stereocenters. The fourth-order valence-electron chi connectivity index (χ4n) is 1.03. The summed E-state index contributed by atoms with van der Waals surface area (Å²) in [6.45, 7) is 4.29. The van der Waals surface area contributed by atoms with Crippen LogP contribution in [0.2, 0.25) is 5.02 Å². The van der Waals surface area contributed by atoms with Crippen molar-refractivity contribution in [1.82, 2.24) is 0 Å². The fourth-order valence-corrected chi connectivity index (χ4v) is 7.94. The molecule has 0 heterocycles. The molecule has 1 atom stereocenters. The Kier molecular flexibility index (Phi) is 6.30. The number of rotatable bonds is 6. The molecule has 0 bridgehead atoms. The van der Waals surface area contributed by atoms with Crippen molar-refractivity contribution < 1.29 is 9.09 Å². The quantitative estimate of drug-likeness (QED) is 0.663. The first-order chi connectivity index (χ1) is 7.59. The van der Waals surface area contributed by atoms with Gasteiger partial charge in [-0.3, -0.25) is 4.57 Å². The van der Waals surface area contributed by atoms with Gasteiger partial charge < -0.3 is 4.52 Å². The molecule has 0 saturated carbocycles. The number of hydrogen-bond acceptors (Lipinski definition) is 4. The van der Waals surface area contributed by atoms with Crippen LogP contribution < -0.4 is 0 Å². The molecular weight excluding hydrogens is 283 g/mol. The van der Waals surface area contributed by atoms with Gasteiger partial charge in [0.05, 0.1) is 6.61 Å². The number of hydrogen-bond donors (Lipinski definition) is 0. The minimum atomic E-state index is -2.67. The van der Waals surface area contributed by atoms with Crippen LogP contribution in [0.4, 0.5) is 0 Å². The molecule has 1 rings (SSSR count). The zero-order valence-electron chi connectivity index (χ0n) is 9.18. The SMILES string of the molecule is CCOP(=O)(SCC)Sc1ccc(Cl)cc1. The summed E-state index contributed by atoms with van der Waals surface area (Å²) < 4.78 is 17.7.